The van der Waals surface area contributed by atoms with Gasteiger partial charge in [0.25, 0.3) is 0 Å². The summed E-state index contributed by atoms with van der Waals surface area (Å²) in [5.41, 5.74) is 0.363. The van der Waals surface area contributed by atoms with Gasteiger partial charge in [0.05, 0.1) is 18.6 Å². The molecule has 0 spiro atoms. The first-order valence-corrected chi connectivity index (χ1v) is 25.7. The topological polar surface area (TPSA) is 40.8 Å². The predicted molar refractivity (Wildman–Crippen MR) is 259 cm³/mol. The fourth-order valence-corrected chi connectivity index (χ4v) is 10.8. The minimum Gasteiger partial charge on any atom is -0.490 e. The second-order valence-electron chi connectivity index (χ2n) is 19.1. The van der Waals surface area contributed by atoms with E-state index in [4.69, 9.17) is 30.8 Å². The lowest BCUT2D eigenvalue weighted by molar-refractivity contribution is -0.190. The van der Waals surface area contributed by atoms with E-state index in [-0.39, 0.29) is 57.2 Å². The maximum absolute atomic E-state index is 15.7. The number of ether oxygens (including phenoxy) is 3. The second kappa shape index (κ2) is 23.4. The Balaban J connectivity index is 0.000000199. The Morgan fingerprint density at radius 3 is 1.61 bits per heavy atom. The van der Waals surface area contributed by atoms with Crippen molar-refractivity contribution in [2.24, 2.45) is 11.8 Å². The molecule has 0 atom stereocenters. The van der Waals surface area contributed by atoms with Crippen LogP contribution in [0.1, 0.15) is 185 Å². The number of unbranched alkanes of at least 4 members (excludes halogenated alkanes) is 6. The average Bonchev–Trinajstić information content (AvgIpc) is 3.32. The highest BCUT2D eigenvalue weighted by Crippen LogP contribution is 2.52. The van der Waals surface area contributed by atoms with E-state index < -0.39 is 34.9 Å². The van der Waals surface area contributed by atoms with E-state index in [2.05, 4.69) is 13.8 Å². The number of hydrogen-bond acceptors (Lipinski definition) is 5. The number of rotatable bonds is 18. The van der Waals surface area contributed by atoms with Gasteiger partial charge in [-0.3, -0.25) is 0 Å². The molecule has 67 heavy (non-hydrogen) atoms. The van der Waals surface area contributed by atoms with Crippen LogP contribution >= 0.6 is 12.2 Å². The maximum Gasteiger partial charge on any atom is 0.430 e. The van der Waals surface area contributed by atoms with E-state index in [9.17, 15) is 4.39 Å². The van der Waals surface area contributed by atoms with Crippen LogP contribution < -0.4 is 14.2 Å². The van der Waals surface area contributed by atoms with Crippen molar-refractivity contribution in [3.05, 3.63) is 93.2 Å². The van der Waals surface area contributed by atoms with Gasteiger partial charge in [-0.05, 0) is 135 Å². The van der Waals surface area contributed by atoms with Crippen molar-refractivity contribution in [2.75, 3.05) is 13.2 Å². The van der Waals surface area contributed by atoms with Crippen molar-refractivity contribution in [3.8, 4) is 28.4 Å². The van der Waals surface area contributed by atoms with Crippen LogP contribution in [0.4, 0.5) is 26.3 Å². The van der Waals surface area contributed by atoms with Crippen LogP contribution in [0.2, 0.25) is 0 Å². The van der Waals surface area contributed by atoms with Gasteiger partial charge in [-0.2, -0.15) is 17.6 Å². The molecule has 0 amide bonds. The van der Waals surface area contributed by atoms with Gasteiger partial charge in [0, 0.05) is 21.9 Å². The van der Waals surface area contributed by atoms with Gasteiger partial charge in [-0.1, -0.05) is 116 Å². The molecule has 0 unspecified atom stereocenters. The molecular weight excluding hydrogens is 883 g/mol. The van der Waals surface area contributed by atoms with E-state index in [0.29, 0.717) is 40.7 Å². The number of alkyl halides is 2. The fraction of sp³-hybridized carbons (Fsp3) is 0.554. The highest BCUT2D eigenvalue weighted by atomic mass is 32.1. The molecule has 4 aromatic carbocycles. The summed E-state index contributed by atoms with van der Waals surface area (Å²) < 4.78 is 113. The number of benzene rings is 4. The van der Waals surface area contributed by atoms with Crippen molar-refractivity contribution in [1.29, 1.82) is 0 Å². The lowest BCUT2D eigenvalue weighted by Crippen LogP contribution is -2.29. The number of halogens is 6. The highest BCUT2D eigenvalue weighted by Gasteiger charge is 2.47. The van der Waals surface area contributed by atoms with Crippen LogP contribution in [0.3, 0.4) is 0 Å². The molecule has 1 aromatic heterocycles. The first-order valence-electron chi connectivity index (χ1n) is 25.3. The normalized spacial score (nSPS) is 19.9. The van der Waals surface area contributed by atoms with Crippen molar-refractivity contribution in [3.63, 3.8) is 0 Å². The number of fused-ring (bicyclic) bond motifs is 6. The molecule has 11 heteroatoms. The highest BCUT2D eigenvalue weighted by molar-refractivity contribution is 7.71. The number of hydrogen-bond donors (Lipinski definition) is 0. The maximum atomic E-state index is 15.7. The summed E-state index contributed by atoms with van der Waals surface area (Å²) in [6.45, 7) is 9.14. The molecule has 1 aliphatic heterocycles. The summed E-state index contributed by atoms with van der Waals surface area (Å²) in [5, 5.41) is 1.40. The molecule has 364 valence electrons. The molecule has 0 saturated heterocycles. The lowest BCUT2D eigenvalue weighted by Gasteiger charge is -2.32. The van der Waals surface area contributed by atoms with Crippen molar-refractivity contribution >= 4 is 34.0 Å². The molecule has 2 heterocycles. The predicted octanol–water partition coefficient (Wildman–Crippen LogP) is 18.7. The smallest absolute Gasteiger partial charge is 0.430 e. The van der Waals surface area contributed by atoms with Gasteiger partial charge in [0.2, 0.25) is 16.3 Å². The van der Waals surface area contributed by atoms with E-state index in [1.165, 1.54) is 69.6 Å². The standard InChI is InChI=1S/C28H34F4O2.C28H34F2O2S/c1-3-5-7-8-18-9-11-19(12-10-18)20-13-14-21-22-15-16-23(33-17-6-4-2)26(30)27(22)34-28(31,32)24(21)25(20)29;1-3-5-7-8-18-9-11-19(12-10-18)20-13-14-21-22-15-16-23(31-17-6-4-2)26(30)27(22)32-28(33)24(21)25(20)29/h13-16,18-19H,3-12,17H2,1-2H3;13-16,18-19H,3-12,17H2,1-2H3. The first kappa shape index (κ1) is 50.6. The van der Waals surface area contributed by atoms with Gasteiger partial charge in [0.1, 0.15) is 17.2 Å². The molecule has 0 bridgehead atoms. The van der Waals surface area contributed by atoms with Crippen LogP contribution in [-0.2, 0) is 6.11 Å². The second-order valence-corrected chi connectivity index (χ2v) is 19.5. The van der Waals surface area contributed by atoms with E-state index in [1.807, 2.05) is 26.0 Å². The minimum atomic E-state index is -3.97. The summed E-state index contributed by atoms with van der Waals surface area (Å²) in [4.78, 5) is 0. The van der Waals surface area contributed by atoms with Crippen LogP contribution in [0, 0.1) is 39.8 Å². The van der Waals surface area contributed by atoms with E-state index >= 15 is 22.0 Å². The Hall–Kier alpha value is -4.25. The zero-order valence-corrected chi connectivity index (χ0v) is 40.6. The van der Waals surface area contributed by atoms with Crippen LogP contribution in [0.25, 0.3) is 32.9 Å². The molecule has 4 nitrogen and oxygen atoms in total. The molecular formula is C56H68F6O4S. The summed E-state index contributed by atoms with van der Waals surface area (Å²) in [6.07, 6.45) is 17.2. The van der Waals surface area contributed by atoms with Crippen molar-refractivity contribution in [2.45, 2.75) is 174 Å². The SMILES string of the molecule is CCCCCC1CCC(c2ccc3c(c2F)C(F)(F)Oc2c-3ccc(OCCCC)c2F)CC1.CCCCCC1CCC(c2ccc3c(c2F)c(=S)oc2c(F)c(OCCCC)ccc23)CC1. The molecule has 0 N–H and O–H groups in total. The van der Waals surface area contributed by atoms with Crippen molar-refractivity contribution in [1.82, 2.24) is 0 Å². The van der Waals surface area contributed by atoms with Gasteiger partial charge >= 0.3 is 6.11 Å². The van der Waals surface area contributed by atoms with Gasteiger partial charge < -0.3 is 18.6 Å². The molecule has 0 radical (unpaired) electrons. The van der Waals surface area contributed by atoms with Gasteiger partial charge in [-0.25, -0.2) is 8.78 Å². The zero-order chi connectivity index (χ0) is 47.7. The fourth-order valence-electron chi connectivity index (χ4n) is 10.5. The summed E-state index contributed by atoms with van der Waals surface area (Å²) >= 11 is 5.40. The van der Waals surface area contributed by atoms with Crippen LogP contribution in [0.15, 0.2) is 52.9 Å². The monoisotopic (exact) mass is 950 g/mol. The Morgan fingerprint density at radius 2 is 1.04 bits per heavy atom. The first-order chi connectivity index (χ1) is 32.4. The Kier molecular flexibility index (Phi) is 17.7. The Labute approximate surface area is 398 Å². The third kappa shape index (κ3) is 11.5. The average molecular weight is 951 g/mol. The molecule has 3 aliphatic rings. The third-order valence-electron chi connectivity index (χ3n) is 14.5. The van der Waals surface area contributed by atoms with Crippen molar-refractivity contribution < 1.29 is 45.0 Å². The van der Waals surface area contributed by atoms with Crippen LogP contribution in [-0.4, -0.2) is 13.2 Å². The summed E-state index contributed by atoms with van der Waals surface area (Å²) in [6, 6.07) is 13.0. The van der Waals surface area contributed by atoms with E-state index in [0.717, 1.165) is 82.1 Å². The van der Waals surface area contributed by atoms with Gasteiger partial charge in [0.15, 0.2) is 22.8 Å². The molecule has 2 saturated carbocycles. The lowest BCUT2D eigenvalue weighted by atomic mass is 9.76. The molecule has 5 aromatic rings. The Bertz CT molecular complexity index is 2500. The molecule has 2 fully saturated rings. The van der Waals surface area contributed by atoms with E-state index in [1.54, 1.807) is 18.2 Å². The Morgan fingerprint density at radius 1 is 0.552 bits per heavy atom. The largest absolute Gasteiger partial charge is 0.490 e. The van der Waals surface area contributed by atoms with Gasteiger partial charge in [-0.15, -0.1) is 0 Å². The molecule has 2 aliphatic carbocycles. The quantitative estimate of drug-likeness (QED) is 0.0379. The summed E-state index contributed by atoms with van der Waals surface area (Å²) in [7, 11) is 0. The third-order valence-corrected chi connectivity index (χ3v) is 14.8. The zero-order valence-electron chi connectivity index (χ0n) is 39.8. The van der Waals surface area contributed by atoms with Crippen LogP contribution in [0.5, 0.6) is 17.2 Å². The molecule has 8 rings (SSSR count). The summed E-state index contributed by atoms with van der Waals surface area (Å²) in [5.74, 6) is -1.87. The minimum absolute atomic E-state index is 0.00490.